The Labute approximate surface area is 136 Å². The summed E-state index contributed by atoms with van der Waals surface area (Å²) in [4.78, 5) is 17.2. The molecular formula is C18H23N3O2. The number of nitrogens with one attached hydrogen (secondary N) is 1. The first-order chi connectivity index (χ1) is 11.2. The summed E-state index contributed by atoms with van der Waals surface area (Å²) in [6.45, 7) is 3.55. The summed E-state index contributed by atoms with van der Waals surface area (Å²) in [7, 11) is 0. The zero-order valence-corrected chi connectivity index (χ0v) is 13.5. The predicted molar refractivity (Wildman–Crippen MR) is 87.4 cm³/mol. The number of ether oxygens (including phenoxy) is 1. The Kier molecular flexibility index (Phi) is 3.81. The molecule has 0 spiro atoms. The van der Waals surface area contributed by atoms with Gasteiger partial charge < -0.3 is 14.5 Å². The van der Waals surface area contributed by atoms with Gasteiger partial charge >= 0.3 is 0 Å². The molecule has 23 heavy (non-hydrogen) atoms. The first kappa shape index (κ1) is 14.7. The lowest BCUT2D eigenvalue weighted by molar-refractivity contribution is -0.125. The van der Waals surface area contributed by atoms with E-state index >= 15 is 0 Å². The van der Waals surface area contributed by atoms with E-state index in [-0.39, 0.29) is 17.9 Å². The quantitative estimate of drug-likeness (QED) is 0.943. The van der Waals surface area contributed by atoms with E-state index in [0.717, 1.165) is 50.1 Å². The van der Waals surface area contributed by atoms with E-state index in [0.29, 0.717) is 6.54 Å². The van der Waals surface area contributed by atoms with Crippen LogP contribution in [0.4, 0.5) is 0 Å². The third-order valence-electron chi connectivity index (χ3n) is 5.03. The van der Waals surface area contributed by atoms with Crippen LogP contribution in [0.3, 0.4) is 0 Å². The average Bonchev–Trinajstić information content (AvgIpc) is 3.18. The lowest BCUT2D eigenvalue weighted by Gasteiger charge is -2.22. The van der Waals surface area contributed by atoms with Gasteiger partial charge in [-0.1, -0.05) is 0 Å². The highest BCUT2D eigenvalue weighted by Crippen LogP contribution is 2.27. The number of pyridine rings is 1. The number of rotatable bonds is 3. The van der Waals surface area contributed by atoms with Crippen LogP contribution in [0.5, 0.6) is 0 Å². The largest absolute Gasteiger partial charge is 0.376 e. The van der Waals surface area contributed by atoms with Crippen LogP contribution in [0.15, 0.2) is 18.3 Å². The molecule has 4 rings (SSSR count). The molecule has 0 saturated carbocycles. The van der Waals surface area contributed by atoms with Crippen molar-refractivity contribution in [1.29, 1.82) is 0 Å². The molecule has 3 heterocycles. The van der Waals surface area contributed by atoms with Gasteiger partial charge in [0.15, 0.2) is 0 Å². The number of amides is 1. The van der Waals surface area contributed by atoms with Crippen molar-refractivity contribution in [1.82, 2.24) is 14.7 Å². The first-order valence-electron chi connectivity index (χ1n) is 8.56. The molecule has 1 aliphatic heterocycles. The van der Waals surface area contributed by atoms with Crippen molar-refractivity contribution in [2.75, 3.05) is 13.2 Å². The van der Waals surface area contributed by atoms with Crippen LogP contribution < -0.4 is 5.32 Å². The molecule has 1 saturated heterocycles. The maximum Gasteiger partial charge on any atom is 0.223 e. The molecule has 1 fully saturated rings. The number of hydrogen-bond acceptors (Lipinski definition) is 3. The van der Waals surface area contributed by atoms with Gasteiger partial charge in [0, 0.05) is 37.4 Å². The maximum atomic E-state index is 12.5. The lowest BCUT2D eigenvalue weighted by Crippen LogP contribution is -2.38. The third-order valence-corrected chi connectivity index (χ3v) is 5.03. The Hall–Kier alpha value is -1.88. The fourth-order valence-electron chi connectivity index (χ4n) is 3.70. The molecule has 2 aromatic heterocycles. The van der Waals surface area contributed by atoms with Gasteiger partial charge in [0.05, 0.1) is 11.8 Å². The Balaban J connectivity index is 1.47. The molecule has 1 N–H and O–H groups in total. The molecule has 0 aromatic carbocycles. The fraction of sp³-hybridized carbons (Fsp3) is 0.556. The van der Waals surface area contributed by atoms with E-state index in [1.54, 1.807) is 0 Å². The Morgan fingerprint density at radius 3 is 3.22 bits per heavy atom. The van der Waals surface area contributed by atoms with Crippen LogP contribution >= 0.6 is 0 Å². The van der Waals surface area contributed by atoms with Gasteiger partial charge in [-0.2, -0.15) is 0 Å². The number of imidazole rings is 1. The van der Waals surface area contributed by atoms with Crippen molar-refractivity contribution in [2.45, 2.75) is 45.1 Å². The minimum absolute atomic E-state index is 0.0464. The van der Waals surface area contributed by atoms with Crippen LogP contribution in [0.1, 0.15) is 36.2 Å². The summed E-state index contributed by atoms with van der Waals surface area (Å²) in [6.07, 6.45) is 6.98. The summed E-state index contributed by atoms with van der Waals surface area (Å²) in [5, 5.41) is 3.08. The van der Waals surface area contributed by atoms with E-state index in [4.69, 9.17) is 9.72 Å². The number of carbonyl (C=O) groups is 1. The van der Waals surface area contributed by atoms with E-state index in [1.807, 2.05) is 0 Å². The van der Waals surface area contributed by atoms with Gasteiger partial charge in [0.1, 0.15) is 5.65 Å². The molecule has 2 unspecified atom stereocenters. The second-order valence-corrected chi connectivity index (χ2v) is 6.76. The standard InChI is InChI=1S/C18H23N3O2/c1-12-6-7-21-16-10-13(4-5-15(16)20-17(21)9-12)18(22)19-11-14-3-2-8-23-14/h6-7,9,13-14H,2-5,8,10-11H2,1H3,(H,19,22). The van der Waals surface area contributed by atoms with Crippen LogP contribution in [-0.2, 0) is 22.4 Å². The Bertz CT molecular complexity index is 731. The molecule has 2 aromatic rings. The molecule has 5 nitrogen and oxygen atoms in total. The van der Waals surface area contributed by atoms with E-state index in [1.165, 1.54) is 11.3 Å². The van der Waals surface area contributed by atoms with E-state index in [9.17, 15) is 4.79 Å². The highest BCUT2D eigenvalue weighted by molar-refractivity contribution is 5.79. The van der Waals surface area contributed by atoms with E-state index in [2.05, 4.69) is 35.0 Å². The normalized spacial score (nSPS) is 23.9. The number of aryl methyl sites for hydroxylation is 2. The van der Waals surface area contributed by atoms with Gasteiger partial charge in [-0.05, 0) is 50.3 Å². The van der Waals surface area contributed by atoms with Crippen molar-refractivity contribution in [3.63, 3.8) is 0 Å². The van der Waals surface area contributed by atoms with Gasteiger partial charge in [-0.15, -0.1) is 0 Å². The topological polar surface area (TPSA) is 55.6 Å². The van der Waals surface area contributed by atoms with Crippen molar-refractivity contribution in [2.24, 2.45) is 5.92 Å². The number of carbonyl (C=O) groups excluding carboxylic acids is 1. The number of hydrogen-bond donors (Lipinski definition) is 1. The second-order valence-electron chi connectivity index (χ2n) is 6.76. The Morgan fingerprint density at radius 1 is 1.48 bits per heavy atom. The summed E-state index contributed by atoms with van der Waals surface area (Å²) >= 11 is 0. The zero-order valence-electron chi connectivity index (χ0n) is 13.5. The van der Waals surface area contributed by atoms with Crippen molar-refractivity contribution >= 4 is 11.6 Å². The summed E-state index contributed by atoms with van der Waals surface area (Å²) < 4.78 is 7.72. The molecule has 0 bridgehead atoms. The van der Waals surface area contributed by atoms with Gasteiger partial charge in [-0.3, -0.25) is 4.79 Å². The summed E-state index contributed by atoms with van der Waals surface area (Å²) in [6, 6.07) is 4.20. The maximum absolute atomic E-state index is 12.5. The van der Waals surface area contributed by atoms with Crippen molar-refractivity contribution < 1.29 is 9.53 Å². The highest BCUT2D eigenvalue weighted by Gasteiger charge is 2.28. The first-order valence-corrected chi connectivity index (χ1v) is 8.56. The number of aromatic nitrogens is 2. The van der Waals surface area contributed by atoms with Crippen LogP contribution in [0.2, 0.25) is 0 Å². The molecular weight excluding hydrogens is 290 g/mol. The van der Waals surface area contributed by atoms with Gasteiger partial charge in [-0.25, -0.2) is 4.98 Å². The Morgan fingerprint density at radius 2 is 2.39 bits per heavy atom. The molecule has 0 radical (unpaired) electrons. The molecule has 122 valence electrons. The molecule has 5 heteroatoms. The summed E-state index contributed by atoms with van der Waals surface area (Å²) in [5.74, 6) is 0.207. The zero-order chi connectivity index (χ0) is 15.8. The average molecular weight is 313 g/mol. The van der Waals surface area contributed by atoms with Gasteiger partial charge in [0.2, 0.25) is 5.91 Å². The minimum atomic E-state index is 0.0464. The van der Waals surface area contributed by atoms with Gasteiger partial charge in [0.25, 0.3) is 0 Å². The molecule has 1 amide bonds. The summed E-state index contributed by atoms with van der Waals surface area (Å²) in [5.41, 5.74) is 4.56. The highest BCUT2D eigenvalue weighted by atomic mass is 16.5. The second kappa shape index (κ2) is 5.96. The predicted octanol–water partition coefficient (Wildman–Crippen LogP) is 2.04. The van der Waals surface area contributed by atoms with E-state index < -0.39 is 0 Å². The smallest absolute Gasteiger partial charge is 0.223 e. The van der Waals surface area contributed by atoms with Crippen molar-refractivity contribution in [3.05, 3.63) is 35.3 Å². The molecule has 1 aliphatic carbocycles. The SMILES string of the molecule is Cc1ccn2c3c(nc2c1)CCC(C(=O)NCC1CCCO1)C3. The molecule has 2 atom stereocenters. The van der Waals surface area contributed by atoms with Crippen LogP contribution in [-0.4, -0.2) is 34.5 Å². The lowest BCUT2D eigenvalue weighted by atomic mass is 9.89. The number of fused-ring (bicyclic) bond motifs is 3. The number of nitrogens with zero attached hydrogens (tertiary/aromatic N) is 2. The van der Waals surface area contributed by atoms with Crippen molar-refractivity contribution in [3.8, 4) is 0 Å². The third kappa shape index (κ3) is 2.85. The fourth-order valence-corrected chi connectivity index (χ4v) is 3.70. The van der Waals surface area contributed by atoms with Crippen LogP contribution in [0.25, 0.3) is 5.65 Å². The minimum Gasteiger partial charge on any atom is -0.376 e. The molecule has 2 aliphatic rings. The monoisotopic (exact) mass is 313 g/mol. The van der Waals surface area contributed by atoms with Crippen LogP contribution in [0, 0.1) is 12.8 Å².